The molecule has 0 bridgehead atoms. The fraction of sp³-hybridized carbons (Fsp3) is 0.889. The Bertz CT molecular complexity index is 188. The van der Waals surface area contributed by atoms with Crippen molar-refractivity contribution in [1.29, 1.82) is 0 Å². The monoisotopic (exact) mass is 154 g/mol. The molecule has 0 aromatic heterocycles. The van der Waals surface area contributed by atoms with E-state index in [1.165, 1.54) is 6.42 Å². The lowest BCUT2D eigenvalue weighted by molar-refractivity contribution is -0.144. The minimum absolute atomic E-state index is 0.0428. The molecule has 2 fully saturated rings. The summed E-state index contributed by atoms with van der Waals surface area (Å²) < 4.78 is 0. The Labute approximate surface area is 66.6 Å². The number of carboxylic acids is 1. The van der Waals surface area contributed by atoms with Gasteiger partial charge >= 0.3 is 5.97 Å². The first-order valence-corrected chi connectivity index (χ1v) is 4.41. The molecule has 0 amide bonds. The third kappa shape index (κ3) is 1.15. The standard InChI is InChI=1S/C9H14O2/c1-5-2-6-3-7(6)4-8(5)9(10)11/h5-8H,2-4H2,1H3,(H,10,11). The van der Waals surface area contributed by atoms with Gasteiger partial charge in [0.05, 0.1) is 5.92 Å². The van der Waals surface area contributed by atoms with Crippen molar-refractivity contribution >= 4 is 5.97 Å². The van der Waals surface area contributed by atoms with Crippen molar-refractivity contribution in [2.24, 2.45) is 23.7 Å². The van der Waals surface area contributed by atoms with Crippen molar-refractivity contribution in [3.8, 4) is 0 Å². The Morgan fingerprint density at radius 3 is 2.55 bits per heavy atom. The van der Waals surface area contributed by atoms with E-state index in [0.29, 0.717) is 5.92 Å². The molecule has 2 aliphatic rings. The topological polar surface area (TPSA) is 37.3 Å². The molecule has 1 N–H and O–H groups in total. The number of hydrogen-bond donors (Lipinski definition) is 1. The third-order valence-corrected chi connectivity index (χ3v) is 3.30. The van der Waals surface area contributed by atoms with Gasteiger partial charge in [0.1, 0.15) is 0 Å². The van der Waals surface area contributed by atoms with Crippen LogP contribution in [0.1, 0.15) is 26.2 Å². The van der Waals surface area contributed by atoms with Gasteiger partial charge in [0.25, 0.3) is 0 Å². The van der Waals surface area contributed by atoms with Crippen LogP contribution in [-0.2, 0) is 4.79 Å². The molecule has 2 nitrogen and oxygen atoms in total. The largest absolute Gasteiger partial charge is 0.481 e. The molecule has 0 saturated heterocycles. The fourth-order valence-corrected chi connectivity index (χ4v) is 2.43. The van der Waals surface area contributed by atoms with Gasteiger partial charge in [-0.05, 0) is 37.0 Å². The van der Waals surface area contributed by atoms with Gasteiger partial charge in [-0.25, -0.2) is 0 Å². The summed E-state index contributed by atoms with van der Waals surface area (Å²) in [6.07, 6.45) is 3.40. The Morgan fingerprint density at radius 2 is 1.91 bits per heavy atom. The maximum absolute atomic E-state index is 10.7. The van der Waals surface area contributed by atoms with Crippen LogP contribution in [0.25, 0.3) is 0 Å². The molecule has 0 heterocycles. The SMILES string of the molecule is CC1CC2CC2CC1C(=O)O. The molecule has 2 rings (SSSR count). The summed E-state index contributed by atoms with van der Waals surface area (Å²) in [5, 5.41) is 8.84. The zero-order chi connectivity index (χ0) is 8.01. The average molecular weight is 154 g/mol. The Balaban J connectivity index is 2.03. The summed E-state index contributed by atoms with van der Waals surface area (Å²) in [5.41, 5.74) is 0. The number of aliphatic carboxylic acids is 1. The van der Waals surface area contributed by atoms with Crippen molar-refractivity contribution in [1.82, 2.24) is 0 Å². The number of hydrogen-bond acceptors (Lipinski definition) is 1. The predicted molar refractivity (Wildman–Crippen MR) is 41.1 cm³/mol. The second-order valence-corrected chi connectivity index (χ2v) is 4.15. The van der Waals surface area contributed by atoms with E-state index in [4.69, 9.17) is 5.11 Å². The van der Waals surface area contributed by atoms with Crippen molar-refractivity contribution in [2.75, 3.05) is 0 Å². The Morgan fingerprint density at radius 1 is 1.27 bits per heavy atom. The van der Waals surface area contributed by atoms with Gasteiger partial charge in [-0.15, -0.1) is 0 Å². The average Bonchev–Trinajstić information content (AvgIpc) is 2.63. The van der Waals surface area contributed by atoms with E-state index in [-0.39, 0.29) is 5.92 Å². The van der Waals surface area contributed by atoms with Crippen molar-refractivity contribution < 1.29 is 9.90 Å². The van der Waals surface area contributed by atoms with Crippen LogP contribution in [0.5, 0.6) is 0 Å². The van der Waals surface area contributed by atoms with Gasteiger partial charge in [0.15, 0.2) is 0 Å². The molecule has 0 spiro atoms. The molecule has 11 heavy (non-hydrogen) atoms. The second-order valence-electron chi connectivity index (χ2n) is 4.15. The van der Waals surface area contributed by atoms with Gasteiger partial charge in [-0.2, -0.15) is 0 Å². The highest BCUT2D eigenvalue weighted by Crippen LogP contribution is 2.53. The third-order valence-electron chi connectivity index (χ3n) is 3.30. The van der Waals surface area contributed by atoms with Crippen LogP contribution >= 0.6 is 0 Å². The summed E-state index contributed by atoms with van der Waals surface area (Å²) in [7, 11) is 0. The van der Waals surface area contributed by atoms with Crippen LogP contribution in [-0.4, -0.2) is 11.1 Å². The number of carboxylic acid groups (broad SMARTS) is 1. The van der Waals surface area contributed by atoms with E-state index >= 15 is 0 Å². The Kier molecular flexibility index (Phi) is 1.44. The summed E-state index contributed by atoms with van der Waals surface area (Å²) in [6.45, 7) is 2.08. The van der Waals surface area contributed by atoms with Gasteiger partial charge in [-0.3, -0.25) is 4.79 Å². The van der Waals surface area contributed by atoms with Crippen LogP contribution in [0.15, 0.2) is 0 Å². The maximum atomic E-state index is 10.7. The van der Waals surface area contributed by atoms with Crippen molar-refractivity contribution in [3.63, 3.8) is 0 Å². The normalized spacial score (nSPS) is 48.1. The van der Waals surface area contributed by atoms with Gasteiger partial charge in [-0.1, -0.05) is 6.92 Å². The van der Waals surface area contributed by atoms with Gasteiger partial charge < -0.3 is 5.11 Å². The lowest BCUT2D eigenvalue weighted by atomic mass is 9.81. The smallest absolute Gasteiger partial charge is 0.306 e. The highest BCUT2D eigenvalue weighted by molar-refractivity contribution is 5.70. The van der Waals surface area contributed by atoms with E-state index in [9.17, 15) is 4.79 Å². The van der Waals surface area contributed by atoms with Gasteiger partial charge in [0, 0.05) is 0 Å². The van der Waals surface area contributed by atoms with E-state index in [1.54, 1.807) is 0 Å². The molecular formula is C9H14O2. The highest BCUT2D eigenvalue weighted by atomic mass is 16.4. The van der Waals surface area contributed by atoms with Crippen LogP contribution in [0, 0.1) is 23.7 Å². The molecule has 4 unspecified atom stereocenters. The number of rotatable bonds is 1. The molecular weight excluding hydrogens is 140 g/mol. The molecule has 4 atom stereocenters. The molecule has 2 saturated carbocycles. The van der Waals surface area contributed by atoms with Crippen LogP contribution < -0.4 is 0 Å². The van der Waals surface area contributed by atoms with E-state index in [1.807, 2.05) is 0 Å². The summed E-state index contributed by atoms with van der Waals surface area (Å²) in [5.74, 6) is 1.45. The lowest BCUT2D eigenvalue weighted by Crippen LogP contribution is -2.25. The molecule has 0 aromatic carbocycles. The van der Waals surface area contributed by atoms with Crippen molar-refractivity contribution in [2.45, 2.75) is 26.2 Å². The zero-order valence-electron chi connectivity index (χ0n) is 6.79. The molecule has 0 aromatic rings. The minimum Gasteiger partial charge on any atom is -0.481 e. The van der Waals surface area contributed by atoms with Crippen LogP contribution in [0.3, 0.4) is 0 Å². The highest BCUT2D eigenvalue weighted by Gasteiger charge is 2.47. The van der Waals surface area contributed by atoms with Crippen LogP contribution in [0.4, 0.5) is 0 Å². The first kappa shape index (κ1) is 7.14. The molecule has 62 valence electrons. The van der Waals surface area contributed by atoms with E-state index in [0.717, 1.165) is 24.7 Å². The first-order chi connectivity index (χ1) is 5.18. The van der Waals surface area contributed by atoms with Crippen molar-refractivity contribution in [3.05, 3.63) is 0 Å². The van der Waals surface area contributed by atoms with E-state index in [2.05, 4.69) is 6.92 Å². The molecule has 2 heteroatoms. The predicted octanol–water partition coefficient (Wildman–Crippen LogP) is 1.75. The molecule has 2 aliphatic carbocycles. The molecule has 0 aliphatic heterocycles. The summed E-state index contributed by atoms with van der Waals surface area (Å²) in [6, 6.07) is 0. The maximum Gasteiger partial charge on any atom is 0.306 e. The first-order valence-electron chi connectivity index (χ1n) is 4.41. The minimum atomic E-state index is -0.581. The zero-order valence-corrected chi connectivity index (χ0v) is 6.79. The molecule has 0 radical (unpaired) electrons. The lowest BCUT2D eigenvalue weighted by Gasteiger charge is -2.24. The number of fused-ring (bicyclic) bond motifs is 1. The van der Waals surface area contributed by atoms with Crippen LogP contribution in [0.2, 0.25) is 0 Å². The second kappa shape index (κ2) is 2.23. The number of carbonyl (C=O) groups is 1. The quantitative estimate of drug-likeness (QED) is 0.624. The van der Waals surface area contributed by atoms with Gasteiger partial charge in [0.2, 0.25) is 0 Å². The Hall–Kier alpha value is -0.530. The summed E-state index contributed by atoms with van der Waals surface area (Å²) in [4.78, 5) is 10.7. The fourth-order valence-electron chi connectivity index (χ4n) is 2.43. The summed E-state index contributed by atoms with van der Waals surface area (Å²) >= 11 is 0. The van der Waals surface area contributed by atoms with E-state index < -0.39 is 5.97 Å².